The van der Waals surface area contributed by atoms with Crippen LogP contribution < -0.4 is 15.8 Å². The third-order valence-corrected chi connectivity index (χ3v) is 4.64. The van der Waals surface area contributed by atoms with E-state index in [4.69, 9.17) is 22.1 Å². The van der Waals surface area contributed by atoms with Crippen LogP contribution in [-0.2, 0) is 0 Å². The standard InChI is InChI=1S/C19H15ClF5N5O2/c1-7-15(16(20)30-29-7)28-18(31)10-5-12(22)9(13-4-3-11(21)17(26)27-13)6-14(10)32-8(2)19(23,24)25/h3-6,8H,1-2H3,(H2,26,27)(H,28,31)(H,29,30). The number of halogens is 6. The second-order valence-corrected chi connectivity index (χ2v) is 7.02. The van der Waals surface area contributed by atoms with E-state index in [9.17, 15) is 26.7 Å². The number of hydrogen-bond donors (Lipinski definition) is 3. The summed E-state index contributed by atoms with van der Waals surface area (Å²) in [5.74, 6) is -4.03. The van der Waals surface area contributed by atoms with Gasteiger partial charge in [-0.15, -0.1) is 0 Å². The average Bonchev–Trinajstić information content (AvgIpc) is 3.02. The number of nitrogens with zero attached hydrogens (tertiary/aromatic N) is 2. The van der Waals surface area contributed by atoms with E-state index in [1.54, 1.807) is 0 Å². The molecule has 0 aliphatic heterocycles. The zero-order valence-electron chi connectivity index (χ0n) is 16.4. The van der Waals surface area contributed by atoms with Crippen molar-refractivity contribution in [2.75, 3.05) is 11.1 Å². The number of pyridine rings is 1. The smallest absolute Gasteiger partial charge is 0.425 e. The van der Waals surface area contributed by atoms with Crippen LogP contribution in [0, 0.1) is 18.6 Å². The van der Waals surface area contributed by atoms with Crippen LogP contribution in [0.25, 0.3) is 11.3 Å². The lowest BCUT2D eigenvalue weighted by molar-refractivity contribution is -0.189. The van der Waals surface area contributed by atoms with Gasteiger partial charge in [0.1, 0.15) is 22.4 Å². The molecule has 170 valence electrons. The molecule has 3 rings (SSSR count). The lowest BCUT2D eigenvalue weighted by atomic mass is 10.0. The number of nitrogen functional groups attached to an aromatic ring is 1. The number of alkyl halides is 3. The Kier molecular flexibility index (Phi) is 6.26. The van der Waals surface area contributed by atoms with Crippen molar-refractivity contribution in [2.45, 2.75) is 26.1 Å². The maximum atomic E-state index is 14.8. The van der Waals surface area contributed by atoms with Gasteiger partial charge in [-0.2, -0.15) is 18.3 Å². The second-order valence-electron chi connectivity index (χ2n) is 6.65. The molecular formula is C19H15ClF5N5O2. The van der Waals surface area contributed by atoms with E-state index in [1.807, 2.05) is 0 Å². The Morgan fingerprint density at radius 2 is 1.94 bits per heavy atom. The Morgan fingerprint density at radius 1 is 1.25 bits per heavy atom. The predicted molar refractivity (Wildman–Crippen MR) is 106 cm³/mol. The molecule has 0 spiro atoms. The molecule has 0 bridgehead atoms. The molecule has 32 heavy (non-hydrogen) atoms. The molecule has 2 aromatic heterocycles. The highest BCUT2D eigenvalue weighted by Gasteiger charge is 2.39. The third kappa shape index (κ3) is 4.74. The summed E-state index contributed by atoms with van der Waals surface area (Å²) in [7, 11) is 0. The van der Waals surface area contributed by atoms with E-state index in [1.165, 1.54) is 6.92 Å². The number of amides is 1. The Balaban J connectivity index is 2.09. The molecule has 0 radical (unpaired) electrons. The number of carbonyl (C=O) groups is 1. The minimum atomic E-state index is -4.77. The number of H-pyrrole nitrogens is 1. The maximum absolute atomic E-state index is 14.8. The average molecular weight is 476 g/mol. The van der Waals surface area contributed by atoms with Crippen LogP contribution in [0.4, 0.5) is 33.5 Å². The van der Waals surface area contributed by atoms with Crippen molar-refractivity contribution in [1.82, 2.24) is 15.2 Å². The van der Waals surface area contributed by atoms with E-state index in [0.717, 1.165) is 25.1 Å². The van der Waals surface area contributed by atoms with E-state index < -0.39 is 47.0 Å². The van der Waals surface area contributed by atoms with Crippen molar-refractivity contribution >= 4 is 29.0 Å². The van der Waals surface area contributed by atoms with Gasteiger partial charge in [0.2, 0.25) is 0 Å². The molecule has 0 aliphatic carbocycles. The molecule has 1 unspecified atom stereocenters. The molecule has 2 heterocycles. The molecular weight excluding hydrogens is 461 g/mol. The number of nitrogens with two attached hydrogens (primary N) is 1. The van der Waals surface area contributed by atoms with Crippen LogP contribution in [0.15, 0.2) is 24.3 Å². The van der Waals surface area contributed by atoms with Gasteiger partial charge in [-0.3, -0.25) is 9.89 Å². The van der Waals surface area contributed by atoms with Gasteiger partial charge in [0.15, 0.2) is 17.7 Å². The van der Waals surface area contributed by atoms with Crippen molar-refractivity contribution in [3.8, 4) is 17.0 Å². The Labute approximate surface area is 182 Å². The van der Waals surface area contributed by atoms with Crippen LogP contribution in [0.2, 0.25) is 5.15 Å². The van der Waals surface area contributed by atoms with Gasteiger partial charge in [0.25, 0.3) is 5.91 Å². The molecule has 1 atom stereocenters. The SMILES string of the molecule is Cc1n[nH]c(Cl)c1NC(=O)c1cc(F)c(-c2ccc(F)c(N)n2)cc1OC(C)C(F)(F)F. The Morgan fingerprint density at radius 3 is 2.50 bits per heavy atom. The topological polar surface area (TPSA) is 106 Å². The first-order valence-corrected chi connectivity index (χ1v) is 9.27. The molecule has 7 nitrogen and oxygen atoms in total. The molecule has 1 amide bonds. The number of carbonyl (C=O) groups excluding carboxylic acids is 1. The Bertz CT molecular complexity index is 1160. The van der Waals surface area contributed by atoms with Gasteiger partial charge in [0.05, 0.1) is 17.0 Å². The van der Waals surface area contributed by atoms with Crippen molar-refractivity contribution in [3.63, 3.8) is 0 Å². The lowest BCUT2D eigenvalue weighted by Gasteiger charge is -2.20. The molecule has 13 heteroatoms. The number of rotatable bonds is 5. The van der Waals surface area contributed by atoms with Crippen molar-refractivity contribution < 1.29 is 31.5 Å². The molecule has 1 aromatic carbocycles. The largest absolute Gasteiger partial charge is 0.480 e. The summed E-state index contributed by atoms with van der Waals surface area (Å²) >= 11 is 5.89. The fourth-order valence-electron chi connectivity index (χ4n) is 2.62. The van der Waals surface area contributed by atoms with Crippen LogP contribution in [0.3, 0.4) is 0 Å². The number of ether oxygens (including phenoxy) is 1. The predicted octanol–water partition coefficient (Wildman–Crippen LogP) is 4.88. The van der Waals surface area contributed by atoms with Crippen molar-refractivity contribution in [1.29, 1.82) is 0 Å². The molecule has 0 fully saturated rings. The second kappa shape index (κ2) is 8.61. The summed E-state index contributed by atoms with van der Waals surface area (Å²) in [4.78, 5) is 16.4. The summed E-state index contributed by atoms with van der Waals surface area (Å²) in [6.07, 6.45) is -7.11. The van der Waals surface area contributed by atoms with E-state index in [2.05, 4.69) is 20.5 Å². The molecule has 4 N–H and O–H groups in total. The normalized spacial score (nSPS) is 12.5. The first-order valence-electron chi connectivity index (χ1n) is 8.89. The summed E-state index contributed by atoms with van der Waals surface area (Å²) in [5.41, 5.74) is 4.67. The highest BCUT2D eigenvalue weighted by molar-refractivity contribution is 6.33. The third-order valence-electron chi connectivity index (χ3n) is 4.37. The van der Waals surface area contributed by atoms with E-state index in [-0.39, 0.29) is 27.8 Å². The zero-order valence-corrected chi connectivity index (χ0v) is 17.2. The summed E-state index contributed by atoms with van der Waals surface area (Å²) in [5, 5.41) is 8.50. The monoisotopic (exact) mass is 475 g/mol. The Hall–Kier alpha value is -3.41. The van der Waals surface area contributed by atoms with Crippen molar-refractivity contribution in [3.05, 3.63) is 52.3 Å². The van der Waals surface area contributed by atoms with Gasteiger partial charge in [-0.05, 0) is 38.1 Å². The van der Waals surface area contributed by atoms with E-state index in [0.29, 0.717) is 6.07 Å². The number of nitrogens with one attached hydrogen (secondary N) is 2. The number of benzene rings is 1. The first kappa shape index (κ1) is 23.3. The number of aromatic amines is 1. The summed E-state index contributed by atoms with van der Waals surface area (Å²) < 4.78 is 72.4. The van der Waals surface area contributed by atoms with Crippen LogP contribution in [0.1, 0.15) is 23.0 Å². The van der Waals surface area contributed by atoms with E-state index >= 15 is 0 Å². The number of hydrogen-bond acceptors (Lipinski definition) is 5. The molecule has 0 saturated carbocycles. The fourth-order valence-corrected chi connectivity index (χ4v) is 2.85. The van der Waals surface area contributed by atoms with Gasteiger partial charge in [0, 0.05) is 5.56 Å². The minimum absolute atomic E-state index is 0.0370. The molecule has 0 aliphatic rings. The van der Waals surface area contributed by atoms with Gasteiger partial charge < -0.3 is 15.8 Å². The maximum Gasteiger partial charge on any atom is 0.425 e. The van der Waals surface area contributed by atoms with Gasteiger partial charge in [-0.1, -0.05) is 11.6 Å². The van der Waals surface area contributed by atoms with Gasteiger partial charge in [-0.25, -0.2) is 13.8 Å². The molecule has 0 saturated heterocycles. The summed E-state index contributed by atoms with van der Waals surface area (Å²) in [6.45, 7) is 2.23. The van der Waals surface area contributed by atoms with Gasteiger partial charge >= 0.3 is 6.18 Å². The number of aryl methyl sites for hydroxylation is 1. The highest BCUT2D eigenvalue weighted by Crippen LogP contribution is 2.34. The highest BCUT2D eigenvalue weighted by atomic mass is 35.5. The first-order chi connectivity index (χ1) is 14.9. The number of anilines is 2. The van der Waals surface area contributed by atoms with Crippen LogP contribution in [0.5, 0.6) is 5.75 Å². The number of aromatic nitrogens is 3. The van der Waals surface area contributed by atoms with Crippen LogP contribution in [-0.4, -0.2) is 33.4 Å². The minimum Gasteiger partial charge on any atom is -0.480 e. The quantitative estimate of drug-likeness (QED) is 0.456. The fraction of sp³-hybridized carbons (Fsp3) is 0.211. The lowest BCUT2D eigenvalue weighted by Crippen LogP contribution is -2.32. The van der Waals surface area contributed by atoms with Crippen LogP contribution >= 0.6 is 11.6 Å². The zero-order chi connectivity index (χ0) is 23.8. The van der Waals surface area contributed by atoms with Crippen molar-refractivity contribution in [2.24, 2.45) is 0 Å². The summed E-state index contributed by atoms with van der Waals surface area (Å²) in [6, 6.07) is 3.53. The molecule has 3 aromatic rings.